The monoisotopic (exact) mass is 300 g/mol. The van der Waals surface area contributed by atoms with E-state index in [4.69, 9.17) is 0 Å². The van der Waals surface area contributed by atoms with Gasteiger partial charge in [-0.05, 0) is 24.5 Å². The number of unbranched alkanes of at least 4 members (excludes halogenated alkanes) is 1. The highest BCUT2D eigenvalue weighted by Gasteiger charge is 2.19. The fraction of sp³-hybridized carbons (Fsp3) is 0.444. The number of carbonyl (C=O) groups excluding carboxylic acids is 1. The van der Waals surface area contributed by atoms with E-state index in [1.807, 2.05) is 12.1 Å². The van der Waals surface area contributed by atoms with E-state index >= 15 is 0 Å². The van der Waals surface area contributed by atoms with Gasteiger partial charge in [0.2, 0.25) is 0 Å². The molecule has 22 heavy (non-hydrogen) atoms. The van der Waals surface area contributed by atoms with Crippen LogP contribution in [0.25, 0.3) is 0 Å². The molecule has 0 saturated heterocycles. The van der Waals surface area contributed by atoms with E-state index in [2.05, 4.69) is 36.1 Å². The van der Waals surface area contributed by atoms with E-state index in [1.54, 1.807) is 12.1 Å². The Morgan fingerprint density at radius 2 is 1.91 bits per heavy atom. The van der Waals surface area contributed by atoms with Crippen molar-refractivity contribution in [2.45, 2.75) is 53.1 Å². The summed E-state index contributed by atoms with van der Waals surface area (Å²) < 4.78 is 4.63. The fourth-order valence-corrected chi connectivity index (χ4v) is 2.85. The molecule has 1 aromatic carbocycles. The number of aromatic nitrogens is 2. The minimum Gasteiger partial charge on any atom is -0.545 e. The number of rotatable bonds is 7. The summed E-state index contributed by atoms with van der Waals surface area (Å²) >= 11 is 0. The summed E-state index contributed by atoms with van der Waals surface area (Å²) in [4.78, 5) is 10.8. The summed E-state index contributed by atoms with van der Waals surface area (Å²) in [5, 5.41) is 10.8. The van der Waals surface area contributed by atoms with Gasteiger partial charge in [0, 0.05) is 13.3 Å². The maximum absolute atomic E-state index is 10.8. The number of hydrogen-bond acceptors (Lipinski definition) is 2. The zero-order chi connectivity index (χ0) is 16.1. The van der Waals surface area contributed by atoms with Crippen LogP contribution in [-0.2, 0) is 19.5 Å². The maximum Gasteiger partial charge on any atom is 0.256 e. The van der Waals surface area contributed by atoms with Gasteiger partial charge in [-0.15, -0.1) is 0 Å². The molecule has 118 valence electrons. The molecular formula is C18H24N2O2. The third-order valence-electron chi connectivity index (χ3n) is 4.02. The Kier molecular flexibility index (Phi) is 5.36. The van der Waals surface area contributed by atoms with Crippen molar-refractivity contribution in [3.63, 3.8) is 0 Å². The second kappa shape index (κ2) is 7.25. The molecule has 0 unspecified atom stereocenters. The number of imidazole rings is 1. The average Bonchev–Trinajstić information content (AvgIpc) is 2.80. The number of carbonyl (C=O) groups is 1. The second-order valence-electron chi connectivity index (χ2n) is 5.65. The largest absolute Gasteiger partial charge is 0.545 e. The van der Waals surface area contributed by atoms with Crippen molar-refractivity contribution >= 4 is 5.97 Å². The van der Waals surface area contributed by atoms with E-state index in [0.29, 0.717) is 0 Å². The molecule has 0 fully saturated rings. The number of aryl methyl sites for hydroxylation is 1. The van der Waals surface area contributed by atoms with E-state index in [0.717, 1.165) is 25.1 Å². The van der Waals surface area contributed by atoms with E-state index in [9.17, 15) is 9.90 Å². The van der Waals surface area contributed by atoms with Gasteiger partial charge in [-0.1, -0.05) is 37.6 Å². The zero-order valence-corrected chi connectivity index (χ0v) is 13.6. The third-order valence-corrected chi connectivity index (χ3v) is 4.02. The molecule has 4 heteroatoms. The number of carboxylic acids is 1. The van der Waals surface area contributed by atoms with Crippen LogP contribution in [0.4, 0.5) is 0 Å². The first-order valence-corrected chi connectivity index (χ1v) is 7.95. The van der Waals surface area contributed by atoms with Gasteiger partial charge in [-0.25, -0.2) is 9.13 Å². The Morgan fingerprint density at radius 1 is 1.23 bits per heavy atom. The van der Waals surface area contributed by atoms with Gasteiger partial charge in [0.05, 0.1) is 12.5 Å². The Hall–Kier alpha value is -2.10. The summed E-state index contributed by atoms with van der Waals surface area (Å²) in [6, 6.07) is 6.95. The Morgan fingerprint density at radius 3 is 2.45 bits per heavy atom. The van der Waals surface area contributed by atoms with Crippen LogP contribution < -0.4 is 9.67 Å². The average molecular weight is 300 g/mol. The normalized spacial score (nSPS) is 10.9. The first-order valence-electron chi connectivity index (χ1n) is 7.95. The summed E-state index contributed by atoms with van der Waals surface area (Å²) in [5.74, 6) is 0.210. The van der Waals surface area contributed by atoms with Gasteiger partial charge in [-0.2, -0.15) is 0 Å². The molecule has 0 N–H and O–H groups in total. The Labute approximate surface area is 132 Å². The van der Waals surface area contributed by atoms with Crippen LogP contribution in [0.3, 0.4) is 0 Å². The number of hydrogen-bond donors (Lipinski definition) is 0. The van der Waals surface area contributed by atoms with Crippen LogP contribution in [0.1, 0.15) is 54.1 Å². The van der Waals surface area contributed by atoms with Crippen LogP contribution >= 0.6 is 0 Å². The van der Waals surface area contributed by atoms with Crippen molar-refractivity contribution in [3.8, 4) is 0 Å². The molecule has 0 aliphatic carbocycles. The zero-order valence-electron chi connectivity index (χ0n) is 13.6. The van der Waals surface area contributed by atoms with Crippen LogP contribution in [-0.4, -0.2) is 10.5 Å². The molecule has 0 bridgehead atoms. The number of nitrogens with zero attached hydrogens (tertiary/aromatic N) is 2. The lowest BCUT2D eigenvalue weighted by Crippen LogP contribution is -2.37. The lowest BCUT2D eigenvalue weighted by Gasteiger charge is -2.06. The van der Waals surface area contributed by atoms with Gasteiger partial charge >= 0.3 is 0 Å². The molecule has 1 heterocycles. The molecular weight excluding hydrogens is 276 g/mol. The summed E-state index contributed by atoms with van der Waals surface area (Å²) in [6.45, 7) is 8.24. The highest BCUT2D eigenvalue weighted by molar-refractivity contribution is 5.85. The van der Waals surface area contributed by atoms with Crippen molar-refractivity contribution in [3.05, 3.63) is 53.1 Å². The topological polar surface area (TPSA) is 48.9 Å². The maximum atomic E-state index is 10.8. The van der Waals surface area contributed by atoms with Gasteiger partial charge in [0.15, 0.2) is 0 Å². The highest BCUT2D eigenvalue weighted by atomic mass is 16.4. The molecule has 0 aliphatic rings. The number of aromatic carboxylic acids is 1. The first kappa shape index (κ1) is 16.3. The molecule has 0 radical (unpaired) electrons. The summed E-state index contributed by atoms with van der Waals surface area (Å²) in [6.07, 6.45) is 5.60. The van der Waals surface area contributed by atoms with Gasteiger partial charge in [-0.3, -0.25) is 0 Å². The minimum atomic E-state index is -1.13. The first-order chi connectivity index (χ1) is 10.6. The molecule has 2 aromatic rings. The third kappa shape index (κ3) is 3.56. The Balaban J connectivity index is 2.26. The highest BCUT2D eigenvalue weighted by Crippen LogP contribution is 2.09. The lowest BCUT2D eigenvalue weighted by atomic mass is 10.1. The molecule has 0 amide bonds. The molecule has 0 atom stereocenters. The van der Waals surface area contributed by atoms with Crippen molar-refractivity contribution in [1.29, 1.82) is 0 Å². The van der Waals surface area contributed by atoms with E-state index in [-0.39, 0.29) is 5.56 Å². The SMILES string of the molecule is CCCCc1n(CC)c(C)c[n+]1Cc1ccc(C(=O)[O-])cc1. The molecule has 4 nitrogen and oxygen atoms in total. The van der Waals surface area contributed by atoms with Crippen molar-refractivity contribution in [2.75, 3.05) is 0 Å². The predicted molar refractivity (Wildman–Crippen MR) is 83.5 cm³/mol. The van der Waals surface area contributed by atoms with Gasteiger partial charge < -0.3 is 9.90 Å². The lowest BCUT2D eigenvalue weighted by molar-refractivity contribution is -0.695. The van der Waals surface area contributed by atoms with Crippen LogP contribution in [0.2, 0.25) is 0 Å². The van der Waals surface area contributed by atoms with Crippen LogP contribution in [0.15, 0.2) is 30.5 Å². The molecule has 0 aliphatic heterocycles. The number of carboxylic acid groups (broad SMARTS) is 1. The van der Waals surface area contributed by atoms with Crippen LogP contribution in [0.5, 0.6) is 0 Å². The van der Waals surface area contributed by atoms with Gasteiger partial charge in [0.1, 0.15) is 18.4 Å². The molecule has 2 rings (SSSR count). The van der Waals surface area contributed by atoms with E-state index in [1.165, 1.54) is 24.4 Å². The minimum absolute atomic E-state index is 0.224. The van der Waals surface area contributed by atoms with E-state index < -0.39 is 5.97 Å². The summed E-state index contributed by atoms with van der Waals surface area (Å²) in [5.41, 5.74) is 2.59. The fourth-order valence-electron chi connectivity index (χ4n) is 2.85. The molecule has 0 saturated carbocycles. The molecule has 0 spiro atoms. The summed E-state index contributed by atoms with van der Waals surface area (Å²) in [7, 11) is 0. The van der Waals surface area contributed by atoms with Crippen molar-refractivity contribution in [1.82, 2.24) is 4.57 Å². The smallest absolute Gasteiger partial charge is 0.256 e. The molecule has 1 aromatic heterocycles. The predicted octanol–water partition coefficient (Wildman–Crippen LogP) is 1.86. The standard InChI is InChI=1S/C18H24N2O2/c1-4-6-7-17-19(12-14(3)20(17)5-2)13-15-8-10-16(11-9-15)18(21)22/h8-12H,4-7,13H2,1-3H3. The Bertz CT molecular complexity index is 642. The number of benzene rings is 1. The van der Waals surface area contributed by atoms with Crippen molar-refractivity contribution in [2.24, 2.45) is 0 Å². The van der Waals surface area contributed by atoms with Crippen molar-refractivity contribution < 1.29 is 14.5 Å². The second-order valence-corrected chi connectivity index (χ2v) is 5.65. The van der Waals surface area contributed by atoms with Gasteiger partial charge in [0.25, 0.3) is 5.82 Å². The van der Waals surface area contributed by atoms with Crippen LogP contribution in [0, 0.1) is 6.92 Å². The quantitative estimate of drug-likeness (QED) is 0.733.